The first-order valence-corrected chi connectivity index (χ1v) is 4.98. The highest BCUT2D eigenvalue weighted by molar-refractivity contribution is 5.38. The minimum atomic E-state index is -0.722. The van der Waals surface area contributed by atoms with Crippen LogP contribution in [0.3, 0.4) is 0 Å². The van der Waals surface area contributed by atoms with Gasteiger partial charge in [-0.05, 0) is 25.5 Å². The first-order valence-electron chi connectivity index (χ1n) is 4.98. The molecule has 0 aliphatic carbocycles. The molecule has 0 saturated carbocycles. The second kappa shape index (κ2) is 3.52. The van der Waals surface area contributed by atoms with Crippen LogP contribution in [-0.4, -0.2) is 5.60 Å². The highest BCUT2D eigenvalue weighted by Crippen LogP contribution is 2.50. The predicted molar refractivity (Wildman–Crippen MR) is 58.0 cm³/mol. The lowest BCUT2D eigenvalue weighted by Crippen LogP contribution is -2.04. The van der Waals surface area contributed by atoms with Crippen LogP contribution in [0.5, 0.6) is 0 Å². The largest absolute Gasteiger partial charge is 0.341 e. The molecule has 0 radical (unpaired) electrons. The van der Waals surface area contributed by atoms with E-state index < -0.39 is 5.60 Å². The van der Waals surface area contributed by atoms with Crippen LogP contribution in [0.1, 0.15) is 25.5 Å². The van der Waals surface area contributed by atoms with Gasteiger partial charge in [0.25, 0.3) is 0 Å². The van der Waals surface area contributed by atoms with Gasteiger partial charge < -0.3 is 4.74 Å². The van der Waals surface area contributed by atoms with Gasteiger partial charge in [0.15, 0.2) is 0 Å². The molecule has 2 heteroatoms. The van der Waals surface area contributed by atoms with Gasteiger partial charge in [0.05, 0.1) is 0 Å². The third-order valence-corrected chi connectivity index (χ3v) is 2.43. The smallest absolute Gasteiger partial charge is 0.204 e. The van der Waals surface area contributed by atoms with E-state index in [9.17, 15) is 0 Å². The number of nitrogens with zero attached hydrogens (tertiary/aromatic N) is 1. The molecule has 0 unspecified atom stereocenters. The fourth-order valence-electron chi connectivity index (χ4n) is 1.76. The Balaban J connectivity index is 2.25. The monoisotopic (exact) mass is 199 g/mol. The summed E-state index contributed by atoms with van der Waals surface area (Å²) in [5, 5.41) is 9.12. The van der Waals surface area contributed by atoms with Gasteiger partial charge in [-0.3, -0.25) is 0 Å². The summed E-state index contributed by atoms with van der Waals surface area (Å²) in [5.74, 6) is 0. The maximum Gasteiger partial charge on any atom is 0.204 e. The summed E-state index contributed by atoms with van der Waals surface area (Å²) in [6, 6.07) is 12.1. The Morgan fingerprint density at radius 3 is 2.60 bits per heavy atom. The Kier molecular flexibility index (Phi) is 2.34. The number of allylic oxidation sites excluding steroid dienone is 1. The summed E-state index contributed by atoms with van der Waals surface area (Å²) in [5.41, 5.74) is 1.45. The third kappa shape index (κ3) is 1.79. The van der Waals surface area contributed by atoms with Crippen LogP contribution in [0.4, 0.5) is 0 Å². The number of benzene rings is 1. The van der Waals surface area contributed by atoms with Gasteiger partial charge in [0.2, 0.25) is 5.60 Å². The van der Waals surface area contributed by atoms with Crippen LogP contribution in [0.25, 0.3) is 0 Å². The minimum absolute atomic E-state index is 0.0985. The summed E-state index contributed by atoms with van der Waals surface area (Å²) < 4.78 is 5.51. The van der Waals surface area contributed by atoms with Gasteiger partial charge in [-0.1, -0.05) is 35.9 Å². The molecule has 1 fully saturated rings. The van der Waals surface area contributed by atoms with Gasteiger partial charge >= 0.3 is 0 Å². The van der Waals surface area contributed by atoms with Crippen molar-refractivity contribution in [2.45, 2.75) is 25.6 Å². The Labute approximate surface area is 89.8 Å². The molecule has 0 aromatic heterocycles. The lowest BCUT2D eigenvalue weighted by Gasteiger charge is -1.98. The number of rotatable bonds is 2. The number of epoxide rings is 1. The quantitative estimate of drug-likeness (QED) is 0.542. The maximum atomic E-state index is 9.12. The number of hydrogen-bond donors (Lipinski definition) is 0. The zero-order valence-corrected chi connectivity index (χ0v) is 8.90. The molecule has 15 heavy (non-hydrogen) atoms. The molecule has 2 nitrogen and oxygen atoms in total. The lowest BCUT2D eigenvalue weighted by molar-refractivity contribution is 0.365. The molecule has 1 aromatic rings. The third-order valence-electron chi connectivity index (χ3n) is 2.43. The molecular formula is C13H13NO. The van der Waals surface area contributed by atoms with Crippen molar-refractivity contribution in [2.75, 3.05) is 0 Å². The number of hydrogen-bond acceptors (Lipinski definition) is 2. The second-order valence-corrected chi connectivity index (χ2v) is 4.04. The fraction of sp³-hybridized carbons (Fsp3) is 0.308. The van der Waals surface area contributed by atoms with E-state index in [0.717, 1.165) is 11.1 Å². The summed E-state index contributed by atoms with van der Waals surface area (Å²) in [7, 11) is 0. The standard InChI is InChI=1S/C13H13NO/c1-10(2)8-13(9-14)12(15-13)11-6-4-3-5-7-11/h3-8,12H,1-2H3/t12-,13+/m1/s1. The van der Waals surface area contributed by atoms with Crippen LogP contribution < -0.4 is 0 Å². The molecule has 76 valence electrons. The molecule has 0 N–H and O–H groups in total. The van der Waals surface area contributed by atoms with E-state index in [-0.39, 0.29) is 6.10 Å². The van der Waals surface area contributed by atoms with Gasteiger partial charge in [-0.2, -0.15) is 5.26 Å². The maximum absolute atomic E-state index is 9.12. The molecule has 0 amide bonds. The molecule has 1 heterocycles. The van der Waals surface area contributed by atoms with Crippen LogP contribution in [-0.2, 0) is 4.74 Å². The summed E-state index contributed by atoms with van der Waals surface area (Å²) >= 11 is 0. The second-order valence-electron chi connectivity index (χ2n) is 4.04. The average molecular weight is 199 g/mol. The van der Waals surface area contributed by atoms with Crippen molar-refractivity contribution in [3.63, 3.8) is 0 Å². The average Bonchev–Trinajstić information content (AvgIpc) is 2.94. The van der Waals surface area contributed by atoms with Crippen molar-refractivity contribution in [1.29, 1.82) is 5.26 Å². The molecular weight excluding hydrogens is 186 g/mol. The molecule has 2 atom stereocenters. The zero-order chi connectivity index (χ0) is 10.9. The van der Waals surface area contributed by atoms with Gasteiger partial charge in [0.1, 0.15) is 12.2 Å². The molecule has 1 saturated heterocycles. The molecule has 1 aliphatic rings. The van der Waals surface area contributed by atoms with E-state index in [1.54, 1.807) is 0 Å². The molecule has 1 aromatic carbocycles. The fourth-order valence-corrected chi connectivity index (χ4v) is 1.76. The van der Waals surface area contributed by atoms with Crippen molar-refractivity contribution in [2.24, 2.45) is 0 Å². The van der Waals surface area contributed by atoms with Crippen molar-refractivity contribution in [3.05, 3.63) is 47.5 Å². The van der Waals surface area contributed by atoms with Crippen molar-refractivity contribution >= 4 is 0 Å². The summed E-state index contributed by atoms with van der Waals surface area (Å²) in [6.45, 7) is 3.95. The Hall–Kier alpha value is -1.59. The van der Waals surface area contributed by atoms with Gasteiger partial charge in [0, 0.05) is 0 Å². The van der Waals surface area contributed by atoms with E-state index in [1.807, 2.05) is 50.3 Å². The van der Waals surface area contributed by atoms with Crippen LogP contribution >= 0.6 is 0 Å². The van der Waals surface area contributed by atoms with Crippen LogP contribution in [0.15, 0.2) is 42.0 Å². The van der Waals surface area contributed by atoms with Crippen molar-refractivity contribution in [1.82, 2.24) is 0 Å². The first-order chi connectivity index (χ1) is 7.18. The van der Waals surface area contributed by atoms with Crippen LogP contribution in [0, 0.1) is 11.3 Å². The molecule has 0 spiro atoms. The zero-order valence-electron chi connectivity index (χ0n) is 8.90. The number of nitriles is 1. The van der Waals surface area contributed by atoms with E-state index in [4.69, 9.17) is 10.00 Å². The Bertz CT molecular complexity index is 426. The number of ether oxygens (including phenoxy) is 1. The summed E-state index contributed by atoms with van der Waals surface area (Å²) in [6.07, 6.45) is 1.79. The highest BCUT2D eigenvalue weighted by Gasteiger charge is 2.56. The minimum Gasteiger partial charge on any atom is -0.341 e. The van der Waals surface area contributed by atoms with E-state index >= 15 is 0 Å². The molecule has 2 rings (SSSR count). The van der Waals surface area contributed by atoms with Crippen molar-refractivity contribution < 1.29 is 4.74 Å². The molecule has 0 bridgehead atoms. The van der Waals surface area contributed by atoms with Crippen molar-refractivity contribution in [3.8, 4) is 6.07 Å². The Morgan fingerprint density at radius 1 is 1.40 bits per heavy atom. The highest BCUT2D eigenvalue weighted by atomic mass is 16.6. The van der Waals surface area contributed by atoms with Gasteiger partial charge in [-0.25, -0.2) is 0 Å². The van der Waals surface area contributed by atoms with E-state index in [2.05, 4.69) is 6.07 Å². The lowest BCUT2D eigenvalue weighted by atomic mass is 9.99. The first kappa shape index (κ1) is 9.95. The van der Waals surface area contributed by atoms with E-state index in [0.29, 0.717) is 0 Å². The Morgan fingerprint density at radius 2 is 2.07 bits per heavy atom. The van der Waals surface area contributed by atoms with Crippen LogP contribution in [0.2, 0.25) is 0 Å². The molecule has 1 aliphatic heterocycles. The predicted octanol–water partition coefficient (Wildman–Crippen LogP) is 2.99. The summed E-state index contributed by atoms with van der Waals surface area (Å²) in [4.78, 5) is 0. The topological polar surface area (TPSA) is 36.3 Å². The van der Waals surface area contributed by atoms with Gasteiger partial charge in [-0.15, -0.1) is 0 Å². The SMILES string of the molecule is CC(C)=C[C@@]1(C#N)O[C@@H]1c1ccccc1. The van der Waals surface area contributed by atoms with E-state index in [1.165, 1.54) is 0 Å². The normalized spacial score (nSPS) is 27.9.